The summed E-state index contributed by atoms with van der Waals surface area (Å²) in [6, 6.07) is 17.2. The Labute approximate surface area is 207 Å². The Hall–Kier alpha value is -4.59. The Morgan fingerprint density at radius 3 is 2.11 bits per heavy atom. The molecule has 0 aliphatic rings. The molecule has 1 heterocycles. The number of hydrogen-bond donors (Lipinski definition) is 2. The molecule has 2 N–H and O–H groups in total. The first-order valence-electron chi connectivity index (χ1n) is 11.3. The summed E-state index contributed by atoms with van der Waals surface area (Å²) < 4.78 is 17.1. The molecule has 2 amide bonds. The SMILES string of the molecule is COc1ccc(-c2oc3cc(C)c(C)cc3c(=O)c2OCC(=O)Nc2ccc(NC(C)=O)cc2)cc1. The number of nitrogens with one attached hydrogen (secondary N) is 2. The van der Waals surface area contributed by atoms with Gasteiger partial charge in [0, 0.05) is 23.9 Å². The molecule has 0 fully saturated rings. The number of methoxy groups -OCH3 is 1. The largest absolute Gasteiger partial charge is 0.497 e. The van der Waals surface area contributed by atoms with Crippen molar-refractivity contribution in [3.05, 3.63) is 82.0 Å². The molecule has 184 valence electrons. The van der Waals surface area contributed by atoms with Crippen LogP contribution in [0.15, 0.2) is 69.9 Å². The van der Waals surface area contributed by atoms with Crippen molar-refractivity contribution < 1.29 is 23.5 Å². The van der Waals surface area contributed by atoms with Crippen molar-refractivity contribution in [2.45, 2.75) is 20.8 Å². The van der Waals surface area contributed by atoms with Gasteiger partial charge < -0.3 is 24.5 Å². The number of anilines is 2. The third kappa shape index (κ3) is 5.38. The van der Waals surface area contributed by atoms with Crippen molar-refractivity contribution in [3.63, 3.8) is 0 Å². The molecule has 1 aromatic heterocycles. The average Bonchev–Trinajstić information content (AvgIpc) is 2.85. The molecule has 36 heavy (non-hydrogen) atoms. The second-order valence-corrected chi connectivity index (χ2v) is 8.35. The quantitative estimate of drug-likeness (QED) is 0.378. The molecule has 8 nitrogen and oxygen atoms in total. The summed E-state index contributed by atoms with van der Waals surface area (Å²) in [5.41, 5.74) is 3.74. The fourth-order valence-corrected chi connectivity index (χ4v) is 3.67. The van der Waals surface area contributed by atoms with E-state index in [1.807, 2.05) is 19.9 Å². The van der Waals surface area contributed by atoms with Gasteiger partial charge in [0.1, 0.15) is 11.3 Å². The van der Waals surface area contributed by atoms with Gasteiger partial charge in [-0.25, -0.2) is 0 Å². The van der Waals surface area contributed by atoms with Gasteiger partial charge >= 0.3 is 0 Å². The van der Waals surface area contributed by atoms with Crippen molar-refractivity contribution in [2.24, 2.45) is 0 Å². The smallest absolute Gasteiger partial charge is 0.262 e. The lowest BCUT2D eigenvalue weighted by Gasteiger charge is -2.13. The Balaban J connectivity index is 1.63. The topological polar surface area (TPSA) is 107 Å². The van der Waals surface area contributed by atoms with E-state index in [2.05, 4.69) is 10.6 Å². The molecule has 4 rings (SSSR count). The Kier molecular flexibility index (Phi) is 7.05. The number of carbonyl (C=O) groups is 2. The van der Waals surface area contributed by atoms with E-state index in [4.69, 9.17) is 13.9 Å². The van der Waals surface area contributed by atoms with Crippen LogP contribution in [-0.2, 0) is 9.59 Å². The number of aryl methyl sites for hydroxylation is 2. The van der Waals surface area contributed by atoms with Gasteiger partial charge in [0.15, 0.2) is 12.4 Å². The summed E-state index contributed by atoms with van der Waals surface area (Å²) in [6.45, 7) is 4.87. The van der Waals surface area contributed by atoms with Gasteiger partial charge in [-0.3, -0.25) is 14.4 Å². The highest BCUT2D eigenvalue weighted by molar-refractivity contribution is 5.93. The van der Waals surface area contributed by atoms with Gasteiger partial charge in [-0.1, -0.05) is 0 Å². The van der Waals surface area contributed by atoms with Crippen LogP contribution in [-0.4, -0.2) is 25.5 Å². The number of hydrogen-bond acceptors (Lipinski definition) is 6. The molecular weight excluding hydrogens is 460 g/mol. The lowest BCUT2D eigenvalue weighted by molar-refractivity contribution is -0.118. The molecule has 3 aromatic carbocycles. The predicted octanol–water partition coefficient (Wildman–Crippen LogP) is 5.06. The van der Waals surface area contributed by atoms with Crippen LogP contribution in [0.3, 0.4) is 0 Å². The summed E-state index contributed by atoms with van der Waals surface area (Å²) in [6.07, 6.45) is 0. The molecule has 0 bridgehead atoms. The zero-order valence-electron chi connectivity index (χ0n) is 20.4. The van der Waals surface area contributed by atoms with Crippen LogP contribution in [0.5, 0.6) is 11.5 Å². The summed E-state index contributed by atoms with van der Waals surface area (Å²) >= 11 is 0. The maximum atomic E-state index is 13.4. The first-order chi connectivity index (χ1) is 17.2. The second kappa shape index (κ2) is 10.4. The van der Waals surface area contributed by atoms with E-state index in [0.29, 0.717) is 33.7 Å². The van der Waals surface area contributed by atoms with Crippen molar-refractivity contribution >= 4 is 34.2 Å². The maximum Gasteiger partial charge on any atom is 0.262 e. The van der Waals surface area contributed by atoms with Crippen LogP contribution in [0.25, 0.3) is 22.3 Å². The maximum absolute atomic E-state index is 13.4. The molecule has 0 saturated carbocycles. The molecule has 0 aliphatic carbocycles. The number of ether oxygens (including phenoxy) is 2. The third-order valence-corrected chi connectivity index (χ3v) is 5.65. The van der Waals surface area contributed by atoms with E-state index >= 15 is 0 Å². The van der Waals surface area contributed by atoms with Gasteiger partial charge in [-0.05, 0) is 85.6 Å². The predicted molar refractivity (Wildman–Crippen MR) is 139 cm³/mol. The minimum atomic E-state index is -0.456. The van der Waals surface area contributed by atoms with Crippen molar-refractivity contribution in [2.75, 3.05) is 24.4 Å². The average molecular weight is 487 g/mol. The molecule has 0 aliphatic heterocycles. The fourth-order valence-electron chi connectivity index (χ4n) is 3.67. The van der Waals surface area contributed by atoms with Crippen molar-refractivity contribution in [3.8, 4) is 22.8 Å². The number of carbonyl (C=O) groups excluding carboxylic acids is 2. The number of fused-ring (bicyclic) bond motifs is 1. The van der Waals surface area contributed by atoms with Gasteiger partial charge in [-0.2, -0.15) is 0 Å². The summed E-state index contributed by atoms with van der Waals surface area (Å²) in [5, 5.41) is 5.75. The van der Waals surface area contributed by atoms with Crippen molar-refractivity contribution in [1.29, 1.82) is 0 Å². The Bertz CT molecular complexity index is 1490. The zero-order chi connectivity index (χ0) is 25.8. The van der Waals surface area contributed by atoms with E-state index in [1.54, 1.807) is 61.7 Å². The van der Waals surface area contributed by atoms with Crippen LogP contribution in [0.2, 0.25) is 0 Å². The Morgan fingerprint density at radius 2 is 1.50 bits per heavy atom. The van der Waals surface area contributed by atoms with Gasteiger partial charge in [0.2, 0.25) is 17.1 Å². The fraction of sp³-hybridized carbons (Fsp3) is 0.179. The second-order valence-electron chi connectivity index (χ2n) is 8.35. The number of amides is 2. The number of benzene rings is 3. The van der Waals surface area contributed by atoms with Crippen LogP contribution >= 0.6 is 0 Å². The molecule has 0 spiro atoms. The Morgan fingerprint density at radius 1 is 0.889 bits per heavy atom. The zero-order valence-corrected chi connectivity index (χ0v) is 20.4. The van der Waals surface area contributed by atoms with E-state index in [9.17, 15) is 14.4 Å². The minimum absolute atomic E-state index is 0.0490. The molecular formula is C28H26N2O6. The first-order valence-corrected chi connectivity index (χ1v) is 11.3. The standard InChI is InChI=1S/C28H26N2O6/c1-16-13-23-24(14-17(16)2)36-27(19-5-11-22(34-4)12-6-19)28(26(23)33)35-15-25(32)30-21-9-7-20(8-10-21)29-18(3)31/h5-14H,15H2,1-4H3,(H,29,31)(H,30,32). The normalized spacial score (nSPS) is 10.7. The molecule has 0 atom stereocenters. The third-order valence-electron chi connectivity index (χ3n) is 5.65. The van der Waals surface area contributed by atoms with Gasteiger partial charge in [-0.15, -0.1) is 0 Å². The van der Waals surface area contributed by atoms with E-state index < -0.39 is 12.5 Å². The van der Waals surface area contributed by atoms with Crippen LogP contribution in [0, 0.1) is 13.8 Å². The van der Waals surface area contributed by atoms with E-state index in [-0.39, 0.29) is 22.8 Å². The van der Waals surface area contributed by atoms with Crippen molar-refractivity contribution in [1.82, 2.24) is 0 Å². The van der Waals surface area contributed by atoms with Crippen LogP contribution < -0.4 is 25.5 Å². The summed E-state index contributed by atoms with van der Waals surface area (Å²) in [7, 11) is 1.57. The summed E-state index contributed by atoms with van der Waals surface area (Å²) in [4.78, 5) is 37.2. The van der Waals surface area contributed by atoms with Crippen LogP contribution in [0.4, 0.5) is 11.4 Å². The van der Waals surface area contributed by atoms with Crippen LogP contribution in [0.1, 0.15) is 18.1 Å². The lowest BCUT2D eigenvalue weighted by atomic mass is 10.0. The van der Waals surface area contributed by atoms with Gasteiger partial charge in [0.25, 0.3) is 5.91 Å². The first kappa shape index (κ1) is 24.5. The number of rotatable bonds is 7. The molecule has 0 radical (unpaired) electrons. The highest BCUT2D eigenvalue weighted by Crippen LogP contribution is 2.33. The minimum Gasteiger partial charge on any atom is -0.497 e. The highest BCUT2D eigenvalue weighted by atomic mass is 16.5. The van der Waals surface area contributed by atoms with Gasteiger partial charge in [0.05, 0.1) is 12.5 Å². The highest BCUT2D eigenvalue weighted by Gasteiger charge is 2.20. The molecule has 0 saturated heterocycles. The lowest BCUT2D eigenvalue weighted by Crippen LogP contribution is -2.22. The molecule has 4 aromatic rings. The molecule has 8 heteroatoms. The summed E-state index contributed by atoms with van der Waals surface area (Å²) in [5.74, 6) is 0.188. The monoisotopic (exact) mass is 486 g/mol. The molecule has 0 unspecified atom stereocenters. The van der Waals surface area contributed by atoms with E-state index in [1.165, 1.54) is 6.92 Å². The van der Waals surface area contributed by atoms with E-state index in [0.717, 1.165) is 11.1 Å².